The average Bonchev–Trinajstić information content (AvgIpc) is 2.40. The van der Waals surface area contributed by atoms with Gasteiger partial charge in [-0.3, -0.25) is 4.98 Å². The van der Waals surface area contributed by atoms with Crippen LogP contribution in [0.4, 0.5) is 5.82 Å². The van der Waals surface area contributed by atoms with E-state index in [1.54, 1.807) is 0 Å². The summed E-state index contributed by atoms with van der Waals surface area (Å²) in [6.07, 6.45) is 3.17. The van der Waals surface area contributed by atoms with Crippen molar-refractivity contribution in [1.29, 1.82) is 0 Å². The molecule has 2 aliphatic heterocycles. The highest BCUT2D eigenvalue weighted by Crippen LogP contribution is 2.27. The quantitative estimate of drug-likeness (QED) is 0.863. The van der Waals surface area contributed by atoms with Gasteiger partial charge >= 0.3 is 0 Å². The van der Waals surface area contributed by atoms with Gasteiger partial charge in [0, 0.05) is 19.1 Å². The molecule has 0 amide bonds. The number of halogens is 1. The number of anilines is 1. The fourth-order valence-corrected chi connectivity index (χ4v) is 2.93. The summed E-state index contributed by atoms with van der Waals surface area (Å²) in [5, 5.41) is 3.49. The van der Waals surface area contributed by atoms with Crippen molar-refractivity contribution in [1.82, 2.24) is 15.3 Å². The zero-order valence-electron chi connectivity index (χ0n) is 10.6. The lowest BCUT2D eigenvalue weighted by Crippen LogP contribution is -2.62. The van der Waals surface area contributed by atoms with Crippen LogP contribution in [0, 0.1) is 5.92 Å². The number of aromatic nitrogens is 2. The molecule has 100 valence electrons. The zero-order valence-corrected chi connectivity index (χ0v) is 11.4. The van der Waals surface area contributed by atoms with Crippen molar-refractivity contribution in [3.63, 3.8) is 0 Å². The van der Waals surface area contributed by atoms with E-state index in [0.29, 0.717) is 6.04 Å². The van der Waals surface area contributed by atoms with Gasteiger partial charge < -0.3 is 10.2 Å². The molecule has 0 spiro atoms. The molecule has 1 aromatic carbocycles. The second-order valence-corrected chi connectivity index (χ2v) is 5.23. The van der Waals surface area contributed by atoms with Crippen LogP contribution in [-0.4, -0.2) is 35.6 Å². The van der Waals surface area contributed by atoms with Crippen LogP contribution in [0.15, 0.2) is 30.5 Å². The highest BCUT2D eigenvalue weighted by atomic mass is 35.5. The minimum Gasteiger partial charge on any atom is -0.354 e. The average molecular weight is 277 g/mol. The third kappa shape index (κ3) is 2.15. The first-order valence-electron chi connectivity index (χ1n) is 6.60. The van der Waals surface area contributed by atoms with E-state index in [9.17, 15) is 0 Å². The second-order valence-electron chi connectivity index (χ2n) is 5.23. The van der Waals surface area contributed by atoms with Crippen molar-refractivity contribution in [2.75, 3.05) is 24.5 Å². The maximum Gasteiger partial charge on any atom is 0.147 e. The first-order chi connectivity index (χ1) is 8.90. The monoisotopic (exact) mass is 276 g/mol. The fourth-order valence-electron chi connectivity index (χ4n) is 2.93. The molecule has 2 saturated heterocycles. The number of nitrogens with zero attached hydrogens (tertiary/aromatic N) is 3. The van der Waals surface area contributed by atoms with Crippen molar-refractivity contribution < 1.29 is 0 Å². The summed E-state index contributed by atoms with van der Waals surface area (Å²) in [7, 11) is 0. The molecule has 4 rings (SSSR count). The van der Waals surface area contributed by atoms with Crippen molar-refractivity contribution in [3.05, 3.63) is 30.5 Å². The van der Waals surface area contributed by atoms with Gasteiger partial charge in [0.15, 0.2) is 0 Å². The van der Waals surface area contributed by atoms with Crippen LogP contribution < -0.4 is 10.2 Å². The highest BCUT2D eigenvalue weighted by Gasteiger charge is 2.35. The van der Waals surface area contributed by atoms with E-state index >= 15 is 0 Å². The molecular weight excluding hydrogens is 260 g/mol. The number of nitrogens with one attached hydrogen (secondary N) is 1. The first-order valence-corrected chi connectivity index (χ1v) is 6.60. The molecule has 2 unspecified atom stereocenters. The van der Waals surface area contributed by atoms with Crippen molar-refractivity contribution in [2.45, 2.75) is 12.5 Å². The lowest BCUT2D eigenvalue weighted by Gasteiger charge is -2.46. The number of benzene rings is 1. The van der Waals surface area contributed by atoms with Crippen LogP contribution in [0.3, 0.4) is 0 Å². The second kappa shape index (κ2) is 4.94. The SMILES string of the molecule is Cl.c1ccc2nc(N3CCC4CNC4C3)cnc2c1. The Morgan fingerprint density at radius 2 is 2.05 bits per heavy atom. The standard InChI is InChI=1S/C14H16N4.ClH/c1-2-4-12-11(3-1)16-8-14(17-12)18-6-5-10-7-15-13(10)9-18;/h1-4,8,10,13,15H,5-7,9H2;1H. The zero-order chi connectivity index (χ0) is 11.9. The van der Waals surface area contributed by atoms with Gasteiger partial charge in [0.2, 0.25) is 0 Å². The fraction of sp³-hybridized carbons (Fsp3) is 0.429. The molecule has 2 fully saturated rings. The maximum atomic E-state index is 4.72. The van der Waals surface area contributed by atoms with Crippen LogP contribution in [0.25, 0.3) is 11.0 Å². The Hall–Kier alpha value is -1.39. The van der Waals surface area contributed by atoms with E-state index in [0.717, 1.165) is 35.9 Å². The number of para-hydroxylation sites is 2. The molecule has 0 aliphatic carbocycles. The van der Waals surface area contributed by atoms with E-state index < -0.39 is 0 Å². The summed E-state index contributed by atoms with van der Waals surface area (Å²) in [6.45, 7) is 3.37. The molecule has 19 heavy (non-hydrogen) atoms. The predicted molar refractivity (Wildman–Crippen MR) is 78.9 cm³/mol. The topological polar surface area (TPSA) is 41.1 Å². The molecule has 2 atom stereocenters. The van der Waals surface area contributed by atoms with E-state index in [1.807, 2.05) is 30.5 Å². The normalized spacial score (nSPS) is 25.4. The first kappa shape index (κ1) is 12.6. The Labute approximate surface area is 118 Å². The third-order valence-electron chi connectivity index (χ3n) is 4.16. The minimum atomic E-state index is 0. The van der Waals surface area contributed by atoms with Crippen LogP contribution in [0.5, 0.6) is 0 Å². The number of fused-ring (bicyclic) bond motifs is 2. The summed E-state index contributed by atoms with van der Waals surface area (Å²) >= 11 is 0. The van der Waals surface area contributed by atoms with E-state index in [2.05, 4.69) is 15.2 Å². The van der Waals surface area contributed by atoms with Gasteiger partial charge in [-0.25, -0.2) is 4.98 Å². The molecular formula is C14H17ClN4. The Bertz CT molecular complexity index is 588. The lowest BCUT2D eigenvalue weighted by atomic mass is 9.85. The lowest BCUT2D eigenvalue weighted by molar-refractivity contribution is 0.196. The molecule has 2 aromatic rings. The summed E-state index contributed by atoms with van der Waals surface area (Å²) in [5.74, 6) is 1.90. The maximum absolute atomic E-state index is 4.72. The summed E-state index contributed by atoms with van der Waals surface area (Å²) in [5.41, 5.74) is 1.96. The molecule has 5 heteroatoms. The Balaban J connectivity index is 0.00000110. The molecule has 0 radical (unpaired) electrons. The van der Waals surface area contributed by atoms with Crippen LogP contribution in [0.1, 0.15) is 6.42 Å². The Morgan fingerprint density at radius 1 is 1.21 bits per heavy atom. The number of hydrogen-bond donors (Lipinski definition) is 1. The van der Waals surface area contributed by atoms with Crippen molar-refractivity contribution in [3.8, 4) is 0 Å². The molecule has 1 N–H and O–H groups in total. The highest BCUT2D eigenvalue weighted by molar-refractivity contribution is 5.85. The molecule has 2 aliphatic rings. The minimum absolute atomic E-state index is 0. The van der Waals surface area contributed by atoms with Gasteiger partial charge in [-0.15, -0.1) is 12.4 Å². The van der Waals surface area contributed by atoms with Gasteiger partial charge in [-0.2, -0.15) is 0 Å². The Morgan fingerprint density at radius 3 is 2.79 bits per heavy atom. The molecule has 4 nitrogen and oxygen atoms in total. The summed E-state index contributed by atoms with van der Waals surface area (Å²) in [4.78, 5) is 11.6. The van der Waals surface area contributed by atoms with Gasteiger partial charge in [-0.1, -0.05) is 12.1 Å². The largest absolute Gasteiger partial charge is 0.354 e. The molecule has 0 bridgehead atoms. The number of piperidine rings is 1. The van der Waals surface area contributed by atoms with Crippen LogP contribution >= 0.6 is 12.4 Å². The van der Waals surface area contributed by atoms with E-state index in [-0.39, 0.29) is 12.4 Å². The van der Waals surface area contributed by atoms with Gasteiger partial charge in [0.05, 0.1) is 17.2 Å². The van der Waals surface area contributed by atoms with Gasteiger partial charge in [0.1, 0.15) is 5.82 Å². The van der Waals surface area contributed by atoms with Gasteiger partial charge in [0.25, 0.3) is 0 Å². The van der Waals surface area contributed by atoms with Crippen molar-refractivity contribution in [2.24, 2.45) is 5.92 Å². The number of hydrogen-bond acceptors (Lipinski definition) is 4. The molecule has 1 aromatic heterocycles. The van der Waals surface area contributed by atoms with Crippen molar-refractivity contribution >= 4 is 29.3 Å². The summed E-state index contributed by atoms with van der Waals surface area (Å²) in [6, 6.07) is 8.71. The van der Waals surface area contributed by atoms with Crippen LogP contribution in [-0.2, 0) is 0 Å². The Kier molecular flexibility index (Phi) is 3.29. The molecule has 0 saturated carbocycles. The van der Waals surface area contributed by atoms with Gasteiger partial charge in [-0.05, 0) is 31.0 Å². The predicted octanol–water partition coefficient (Wildman–Crippen LogP) is 1.85. The van der Waals surface area contributed by atoms with E-state index in [1.165, 1.54) is 13.0 Å². The van der Waals surface area contributed by atoms with Crippen LogP contribution in [0.2, 0.25) is 0 Å². The number of rotatable bonds is 1. The van der Waals surface area contributed by atoms with E-state index in [4.69, 9.17) is 4.98 Å². The third-order valence-corrected chi connectivity index (χ3v) is 4.16. The smallest absolute Gasteiger partial charge is 0.147 e. The summed E-state index contributed by atoms with van der Waals surface area (Å²) < 4.78 is 0. The molecule has 3 heterocycles.